The molecule has 3 rings (SSSR count). The maximum absolute atomic E-state index is 5.48. The summed E-state index contributed by atoms with van der Waals surface area (Å²) < 4.78 is 16.1. The van der Waals surface area contributed by atoms with Crippen molar-refractivity contribution in [3.63, 3.8) is 0 Å². The Balaban J connectivity index is 1.46. The summed E-state index contributed by atoms with van der Waals surface area (Å²) in [4.78, 5) is 7.71. The highest BCUT2D eigenvalue weighted by molar-refractivity contribution is 5.88. The second kappa shape index (κ2) is 9.73. The molecule has 0 amide bonds. The van der Waals surface area contributed by atoms with Crippen molar-refractivity contribution in [2.45, 2.75) is 19.3 Å². The van der Waals surface area contributed by atoms with E-state index >= 15 is 0 Å². The highest BCUT2D eigenvalue weighted by Crippen LogP contribution is 2.31. The van der Waals surface area contributed by atoms with Crippen LogP contribution in [0.25, 0.3) is 10.9 Å². The molecule has 0 aliphatic rings. The van der Waals surface area contributed by atoms with E-state index in [2.05, 4.69) is 26.7 Å². The summed E-state index contributed by atoms with van der Waals surface area (Å²) in [5, 5.41) is 7.71. The van der Waals surface area contributed by atoms with Gasteiger partial charge in [0.1, 0.15) is 17.3 Å². The minimum atomic E-state index is 0.775. The zero-order valence-electron chi connectivity index (χ0n) is 16.7. The predicted molar refractivity (Wildman–Crippen MR) is 112 cm³/mol. The number of hydrogen-bond donors (Lipinski definition) is 3. The van der Waals surface area contributed by atoms with Gasteiger partial charge in [-0.1, -0.05) is 0 Å². The minimum absolute atomic E-state index is 0.775. The van der Waals surface area contributed by atoms with Crippen molar-refractivity contribution in [3.05, 3.63) is 48.0 Å². The first kappa shape index (κ1) is 19.7. The number of aromatic amines is 1. The molecule has 0 saturated heterocycles. The summed E-state index contributed by atoms with van der Waals surface area (Å²) in [5.74, 6) is 3.36. The van der Waals surface area contributed by atoms with E-state index in [-0.39, 0.29) is 0 Å². The number of hydrogen-bond acceptors (Lipinski definition) is 4. The second-order valence-electron chi connectivity index (χ2n) is 6.44. The molecule has 28 heavy (non-hydrogen) atoms. The maximum Gasteiger partial charge on any atom is 0.190 e. The van der Waals surface area contributed by atoms with Crippen molar-refractivity contribution in [3.8, 4) is 11.5 Å². The van der Waals surface area contributed by atoms with Crippen LogP contribution >= 0.6 is 0 Å². The number of methoxy groups -OCH3 is 2. The number of guanidine groups is 1. The Morgan fingerprint density at radius 2 is 1.96 bits per heavy atom. The lowest BCUT2D eigenvalue weighted by Crippen LogP contribution is -2.38. The van der Waals surface area contributed by atoms with Gasteiger partial charge in [-0.3, -0.25) is 4.99 Å². The standard InChI is InChI=1S/C21H28N4O3/c1-22-21(24-10-8-16-7-5-11-28-16)23-9-4-6-15-12-18-19(25-15)13-17(26-2)14-20(18)27-3/h5,7,11-14,25H,4,6,8-10H2,1-3H3,(H2,22,23,24). The summed E-state index contributed by atoms with van der Waals surface area (Å²) in [6.07, 6.45) is 4.42. The molecule has 0 bridgehead atoms. The Bertz CT molecular complexity index is 900. The summed E-state index contributed by atoms with van der Waals surface area (Å²) in [7, 11) is 5.11. The predicted octanol–water partition coefficient (Wildman–Crippen LogP) is 3.12. The third kappa shape index (κ3) is 5.00. The van der Waals surface area contributed by atoms with Crippen molar-refractivity contribution in [2.24, 2.45) is 4.99 Å². The third-order valence-corrected chi connectivity index (χ3v) is 4.57. The number of aromatic nitrogens is 1. The molecule has 2 aromatic heterocycles. The van der Waals surface area contributed by atoms with Gasteiger partial charge in [-0.05, 0) is 31.0 Å². The molecule has 0 radical (unpaired) electrons. The average Bonchev–Trinajstić information content (AvgIpc) is 3.38. The van der Waals surface area contributed by atoms with Gasteiger partial charge in [0.2, 0.25) is 0 Å². The van der Waals surface area contributed by atoms with E-state index in [1.54, 1.807) is 27.5 Å². The minimum Gasteiger partial charge on any atom is -0.497 e. The van der Waals surface area contributed by atoms with Gasteiger partial charge in [-0.15, -0.1) is 0 Å². The second-order valence-corrected chi connectivity index (χ2v) is 6.44. The molecule has 2 heterocycles. The zero-order chi connectivity index (χ0) is 19.8. The molecular formula is C21H28N4O3. The van der Waals surface area contributed by atoms with Gasteiger partial charge in [0, 0.05) is 49.8 Å². The van der Waals surface area contributed by atoms with Crippen molar-refractivity contribution in [2.75, 3.05) is 34.4 Å². The number of aliphatic imine (C=N–C) groups is 1. The number of H-pyrrole nitrogens is 1. The van der Waals surface area contributed by atoms with E-state index in [1.165, 1.54) is 5.69 Å². The van der Waals surface area contributed by atoms with Gasteiger partial charge in [0.15, 0.2) is 5.96 Å². The van der Waals surface area contributed by atoms with E-state index in [1.807, 2.05) is 24.3 Å². The van der Waals surface area contributed by atoms with Gasteiger partial charge < -0.3 is 29.5 Å². The average molecular weight is 384 g/mol. The summed E-state index contributed by atoms with van der Waals surface area (Å²) in [6, 6.07) is 9.91. The Labute approximate surface area is 165 Å². The third-order valence-electron chi connectivity index (χ3n) is 4.57. The molecule has 7 nitrogen and oxygen atoms in total. The van der Waals surface area contributed by atoms with Gasteiger partial charge in [-0.25, -0.2) is 0 Å². The molecule has 1 aromatic carbocycles. The summed E-state index contributed by atoms with van der Waals surface area (Å²) in [5.41, 5.74) is 2.19. The lowest BCUT2D eigenvalue weighted by molar-refractivity contribution is 0.398. The molecule has 0 fully saturated rings. The van der Waals surface area contributed by atoms with E-state index in [4.69, 9.17) is 13.9 Å². The van der Waals surface area contributed by atoms with Gasteiger partial charge in [0.05, 0.1) is 26.0 Å². The number of benzene rings is 1. The van der Waals surface area contributed by atoms with Crippen LogP contribution in [-0.2, 0) is 12.8 Å². The first-order chi connectivity index (χ1) is 13.7. The fourth-order valence-corrected chi connectivity index (χ4v) is 3.12. The molecule has 0 saturated carbocycles. The number of ether oxygens (including phenoxy) is 2. The van der Waals surface area contributed by atoms with E-state index < -0.39 is 0 Å². The molecule has 0 aliphatic carbocycles. The maximum atomic E-state index is 5.48. The molecule has 7 heteroatoms. The first-order valence-electron chi connectivity index (χ1n) is 9.44. The van der Waals surface area contributed by atoms with Crippen molar-refractivity contribution < 1.29 is 13.9 Å². The van der Waals surface area contributed by atoms with E-state index in [0.717, 1.165) is 66.5 Å². The molecule has 0 unspecified atom stereocenters. The highest BCUT2D eigenvalue weighted by Gasteiger charge is 2.09. The quantitative estimate of drug-likeness (QED) is 0.300. The number of nitrogens with one attached hydrogen (secondary N) is 3. The van der Waals surface area contributed by atoms with Crippen LogP contribution in [0.5, 0.6) is 11.5 Å². The number of nitrogens with zero attached hydrogens (tertiary/aromatic N) is 1. The van der Waals surface area contributed by atoms with Crippen LogP contribution < -0.4 is 20.1 Å². The van der Waals surface area contributed by atoms with Crippen molar-refractivity contribution in [1.29, 1.82) is 0 Å². The van der Waals surface area contributed by atoms with E-state index in [0.29, 0.717) is 0 Å². The normalized spacial score (nSPS) is 11.6. The molecular weight excluding hydrogens is 356 g/mol. The van der Waals surface area contributed by atoms with Gasteiger partial charge in [0.25, 0.3) is 0 Å². The highest BCUT2D eigenvalue weighted by atomic mass is 16.5. The smallest absolute Gasteiger partial charge is 0.190 e. The summed E-state index contributed by atoms with van der Waals surface area (Å²) in [6.45, 7) is 1.60. The molecule has 3 aromatic rings. The fraction of sp³-hybridized carbons (Fsp3) is 0.381. The SMILES string of the molecule is CN=C(NCCCc1cc2c(OC)cc(OC)cc2[nH]1)NCCc1ccco1. The molecule has 0 atom stereocenters. The molecule has 3 N–H and O–H groups in total. The first-order valence-corrected chi connectivity index (χ1v) is 9.44. The Kier molecular flexibility index (Phi) is 6.84. The van der Waals surface area contributed by atoms with Crippen LogP contribution in [0.4, 0.5) is 0 Å². The number of rotatable bonds is 9. The van der Waals surface area contributed by atoms with Crippen LogP contribution in [0, 0.1) is 0 Å². The molecule has 0 spiro atoms. The number of fused-ring (bicyclic) bond motifs is 1. The summed E-state index contributed by atoms with van der Waals surface area (Å²) >= 11 is 0. The molecule has 0 aliphatic heterocycles. The van der Waals surface area contributed by atoms with Gasteiger partial charge in [-0.2, -0.15) is 0 Å². The van der Waals surface area contributed by atoms with Crippen molar-refractivity contribution >= 4 is 16.9 Å². The zero-order valence-corrected chi connectivity index (χ0v) is 16.7. The van der Waals surface area contributed by atoms with Crippen LogP contribution in [0.15, 0.2) is 46.0 Å². The Morgan fingerprint density at radius 1 is 1.11 bits per heavy atom. The largest absolute Gasteiger partial charge is 0.497 e. The van der Waals surface area contributed by atoms with Crippen LogP contribution in [0.3, 0.4) is 0 Å². The van der Waals surface area contributed by atoms with Crippen LogP contribution in [0.1, 0.15) is 17.9 Å². The van der Waals surface area contributed by atoms with Crippen LogP contribution in [0.2, 0.25) is 0 Å². The Hall–Kier alpha value is -3.09. The number of furan rings is 1. The van der Waals surface area contributed by atoms with Crippen molar-refractivity contribution in [1.82, 2.24) is 15.6 Å². The lowest BCUT2D eigenvalue weighted by atomic mass is 10.2. The van der Waals surface area contributed by atoms with E-state index in [9.17, 15) is 0 Å². The topological polar surface area (TPSA) is 83.8 Å². The molecule has 150 valence electrons. The Morgan fingerprint density at radius 3 is 2.68 bits per heavy atom. The fourth-order valence-electron chi connectivity index (χ4n) is 3.12. The van der Waals surface area contributed by atoms with Gasteiger partial charge >= 0.3 is 0 Å². The monoisotopic (exact) mass is 384 g/mol. The lowest BCUT2D eigenvalue weighted by Gasteiger charge is -2.11. The van der Waals surface area contributed by atoms with Crippen LogP contribution in [-0.4, -0.2) is 45.3 Å². The number of aryl methyl sites for hydroxylation is 1.